The molecule has 1 aliphatic heterocycles. The number of halogens is 1. The largest absolute Gasteiger partial charge is 0.324 e. The zero-order valence-corrected chi connectivity index (χ0v) is 13.0. The first-order valence-corrected chi connectivity index (χ1v) is 7.08. The molecule has 2 nitrogen and oxygen atoms in total. The predicted octanol–water partition coefficient (Wildman–Crippen LogP) is 3.10. The minimum Gasteiger partial charge on any atom is -0.324 e. The van der Waals surface area contributed by atoms with Gasteiger partial charge in [0.25, 0.3) is 0 Å². The predicted molar refractivity (Wildman–Crippen MR) is 84.8 cm³/mol. The number of likely N-dealkylation sites (tertiary alicyclic amines) is 1. The van der Waals surface area contributed by atoms with Gasteiger partial charge in [-0.2, -0.15) is 0 Å². The van der Waals surface area contributed by atoms with Gasteiger partial charge in [0.2, 0.25) is 0 Å². The molecule has 3 heteroatoms. The third-order valence-corrected chi connectivity index (χ3v) is 3.71. The van der Waals surface area contributed by atoms with Crippen LogP contribution in [0.2, 0.25) is 0 Å². The number of piperidine rings is 1. The van der Waals surface area contributed by atoms with Crippen molar-refractivity contribution in [2.24, 2.45) is 11.7 Å². The maximum absolute atomic E-state index is 6.08. The van der Waals surface area contributed by atoms with Crippen LogP contribution in [0, 0.1) is 5.92 Å². The first-order chi connectivity index (χ1) is 8.53. The Morgan fingerprint density at radius 2 is 1.74 bits per heavy atom. The van der Waals surface area contributed by atoms with Crippen molar-refractivity contribution >= 4 is 12.4 Å². The fraction of sp³-hybridized carbons (Fsp3) is 0.625. The van der Waals surface area contributed by atoms with Crippen LogP contribution in [0.1, 0.15) is 32.3 Å². The number of nitrogens with zero attached hydrogens (tertiary/aromatic N) is 1. The topological polar surface area (TPSA) is 29.3 Å². The molecule has 1 saturated heterocycles. The van der Waals surface area contributed by atoms with Crippen molar-refractivity contribution in [3.8, 4) is 0 Å². The van der Waals surface area contributed by atoms with Gasteiger partial charge in [-0.15, -0.1) is 12.4 Å². The molecular formula is C16H27ClN2. The summed E-state index contributed by atoms with van der Waals surface area (Å²) in [4.78, 5) is 2.52. The zero-order valence-electron chi connectivity index (χ0n) is 12.1. The van der Waals surface area contributed by atoms with E-state index in [1.54, 1.807) is 0 Å². The molecule has 0 bridgehead atoms. The Kier molecular flexibility index (Phi) is 6.31. The van der Waals surface area contributed by atoms with E-state index in [9.17, 15) is 0 Å². The number of hydrogen-bond acceptors (Lipinski definition) is 2. The maximum Gasteiger partial charge on any atom is 0.0226 e. The van der Waals surface area contributed by atoms with Gasteiger partial charge >= 0.3 is 0 Å². The first-order valence-electron chi connectivity index (χ1n) is 7.08. The van der Waals surface area contributed by atoms with Crippen molar-refractivity contribution in [1.82, 2.24) is 4.90 Å². The molecule has 1 aliphatic rings. The van der Waals surface area contributed by atoms with Crippen molar-refractivity contribution in [1.29, 1.82) is 0 Å². The third kappa shape index (κ3) is 5.94. The molecule has 0 spiro atoms. The van der Waals surface area contributed by atoms with E-state index >= 15 is 0 Å². The Labute approximate surface area is 123 Å². The van der Waals surface area contributed by atoms with Crippen LogP contribution in [0.25, 0.3) is 0 Å². The molecule has 0 saturated carbocycles. The lowest BCUT2D eigenvalue weighted by molar-refractivity contribution is 0.157. The summed E-state index contributed by atoms with van der Waals surface area (Å²) in [6, 6.07) is 10.9. The average molecular weight is 283 g/mol. The highest BCUT2D eigenvalue weighted by molar-refractivity contribution is 5.85. The Hall–Kier alpha value is -0.570. The maximum atomic E-state index is 6.08. The summed E-state index contributed by atoms with van der Waals surface area (Å²) >= 11 is 0. The fourth-order valence-electron chi connectivity index (χ4n) is 2.87. The molecule has 2 rings (SSSR count). The fourth-order valence-corrected chi connectivity index (χ4v) is 2.87. The molecule has 19 heavy (non-hydrogen) atoms. The highest BCUT2D eigenvalue weighted by Gasteiger charge is 2.23. The molecule has 0 amide bonds. The van der Waals surface area contributed by atoms with Crippen molar-refractivity contribution < 1.29 is 0 Å². The molecule has 1 aromatic carbocycles. The van der Waals surface area contributed by atoms with E-state index < -0.39 is 0 Å². The summed E-state index contributed by atoms with van der Waals surface area (Å²) in [7, 11) is 0. The molecule has 1 fully saturated rings. The lowest BCUT2D eigenvalue weighted by atomic mass is 9.89. The third-order valence-electron chi connectivity index (χ3n) is 3.71. The lowest BCUT2D eigenvalue weighted by Gasteiger charge is -2.35. The van der Waals surface area contributed by atoms with Gasteiger partial charge in [-0.3, -0.25) is 0 Å². The number of hydrogen-bond donors (Lipinski definition) is 1. The van der Waals surface area contributed by atoms with Gasteiger partial charge in [-0.1, -0.05) is 30.3 Å². The highest BCUT2D eigenvalue weighted by atomic mass is 35.5. The Morgan fingerprint density at radius 1 is 1.16 bits per heavy atom. The van der Waals surface area contributed by atoms with E-state index in [-0.39, 0.29) is 17.9 Å². The monoisotopic (exact) mass is 282 g/mol. The molecule has 0 atom stereocenters. The Morgan fingerprint density at radius 3 is 2.26 bits per heavy atom. The number of nitrogens with two attached hydrogens (primary N) is 1. The van der Waals surface area contributed by atoms with E-state index in [0.29, 0.717) is 0 Å². The second-order valence-electron chi connectivity index (χ2n) is 6.40. The normalized spacial score (nSPS) is 18.1. The second-order valence-corrected chi connectivity index (χ2v) is 6.40. The van der Waals surface area contributed by atoms with Crippen molar-refractivity contribution in [3.05, 3.63) is 35.9 Å². The highest BCUT2D eigenvalue weighted by Crippen LogP contribution is 2.22. The van der Waals surface area contributed by atoms with Gasteiger partial charge < -0.3 is 10.6 Å². The molecule has 0 radical (unpaired) electrons. The summed E-state index contributed by atoms with van der Waals surface area (Å²) in [5.74, 6) is 0.851. The van der Waals surface area contributed by atoms with Gasteiger partial charge in [0.05, 0.1) is 0 Å². The summed E-state index contributed by atoms with van der Waals surface area (Å²) in [5.41, 5.74) is 7.50. The summed E-state index contributed by atoms with van der Waals surface area (Å²) in [6.07, 6.45) is 3.86. The van der Waals surface area contributed by atoms with Gasteiger partial charge in [0.1, 0.15) is 0 Å². The van der Waals surface area contributed by atoms with Crippen LogP contribution < -0.4 is 5.73 Å². The van der Waals surface area contributed by atoms with Crippen LogP contribution in [0.4, 0.5) is 0 Å². The molecular weight excluding hydrogens is 256 g/mol. The van der Waals surface area contributed by atoms with Crippen molar-refractivity contribution in [2.75, 3.05) is 19.6 Å². The number of rotatable bonds is 4. The number of benzene rings is 1. The van der Waals surface area contributed by atoms with Crippen LogP contribution in [0.15, 0.2) is 30.3 Å². The van der Waals surface area contributed by atoms with Crippen molar-refractivity contribution in [2.45, 2.75) is 38.6 Å². The molecule has 0 aromatic heterocycles. The van der Waals surface area contributed by atoms with E-state index in [0.717, 1.165) is 12.5 Å². The zero-order chi connectivity index (χ0) is 13.0. The van der Waals surface area contributed by atoms with Crippen LogP contribution in [0.5, 0.6) is 0 Å². The van der Waals surface area contributed by atoms with Crippen LogP contribution in [-0.2, 0) is 6.42 Å². The standard InChI is InChI=1S/C16H26N2.ClH/c1-16(2,17)13-18-10-8-15(9-11-18)12-14-6-4-3-5-7-14;/h3-7,15H,8-13,17H2,1-2H3;1H. The van der Waals surface area contributed by atoms with E-state index in [1.807, 2.05) is 0 Å². The second kappa shape index (κ2) is 7.28. The molecule has 1 heterocycles. The van der Waals surface area contributed by atoms with Crippen molar-refractivity contribution in [3.63, 3.8) is 0 Å². The quantitative estimate of drug-likeness (QED) is 0.919. The smallest absolute Gasteiger partial charge is 0.0226 e. The van der Waals surface area contributed by atoms with E-state index in [4.69, 9.17) is 5.73 Å². The van der Waals surface area contributed by atoms with Gasteiger partial charge in [0, 0.05) is 12.1 Å². The van der Waals surface area contributed by atoms with E-state index in [1.165, 1.54) is 37.9 Å². The van der Waals surface area contributed by atoms with Gasteiger partial charge in [0.15, 0.2) is 0 Å². The Bertz CT molecular complexity index is 351. The molecule has 2 N–H and O–H groups in total. The summed E-state index contributed by atoms with van der Waals surface area (Å²) in [5, 5.41) is 0. The van der Waals surface area contributed by atoms with Crippen LogP contribution in [0.3, 0.4) is 0 Å². The SMILES string of the molecule is CC(C)(N)CN1CCC(Cc2ccccc2)CC1.Cl. The minimum absolute atomic E-state index is 0. The summed E-state index contributed by atoms with van der Waals surface area (Å²) < 4.78 is 0. The minimum atomic E-state index is -0.0632. The molecule has 108 valence electrons. The molecule has 0 aliphatic carbocycles. The Balaban J connectivity index is 0.00000180. The summed E-state index contributed by atoms with van der Waals surface area (Å²) in [6.45, 7) is 7.66. The molecule has 0 unspecified atom stereocenters. The molecule has 1 aromatic rings. The first kappa shape index (κ1) is 16.5. The van der Waals surface area contributed by atoms with E-state index in [2.05, 4.69) is 49.1 Å². The average Bonchev–Trinajstić information content (AvgIpc) is 2.31. The van der Waals surface area contributed by atoms with Gasteiger partial charge in [-0.05, 0) is 57.7 Å². The van der Waals surface area contributed by atoms with Crippen LogP contribution in [-0.4, -0.2) is 30.1 Å². The lowest BCUT2D eigenvalue weighted by Crippen LogP contribution is -2.48. The van der Waals surface area contributed by atoms with Gasteiger partial charge in [-0.25, -0.2) is 0 Å². The van der Waals surface area contributed by atoms with Crippen LogP contribution >= 0.6 is 12.4 Å².